The van der Waals surface area contributed by atoms with E-state index in [2.05, 4.69) is 12.2 Å². The molecule has 0 radical (unpaired) electrons. The van der Waals surface area contributed by atoms with Crippen molar-refractivity contribution < 1.29 is 9.47 Å². The van der Waals surface area contributed by atoms with Crippen LogP contribution in [0.5, 0.6) is 0 Å². The van der Waals surface area contributed by atoms with Gasteiger partial charge in [0, 0.05) is 12.8 Å². The van der Waals surface area contributed by atoms with E-state index in [1.165, 1.54) is 19.3 Å². The fourth-order valence-corrected chi connectivity index (χ4v) is 2.92. The lowest BCUT2D eigenvalue weighted by Gasteiger charge is -2.31. The number of hydrogen-bond acceptors (Lipinski definition) is 2. The monoisotopic (exact) mass is 194 g/mol. The molecule has 2 aliphatic carbocycles. The van der Waals surface area contributed by atoms with Crippen molar-refractivity contribution in [1.82, 2.24) is 0 Å². The molecule has 3 aliphatic rings. The van der Waals surface area contributed by atoms with Crippen molar-refractivity contribution in [2.45, 2.75) is 62.9 Å². The van der Waals surface area contributed by atoms with Gasteiger partial charge in [-0.3, -0.25) is 0 Å². The SMILES string of the molecule is C1=CC[C@H]2OC3(CCCCC3)O[C@H]2C1. The van der Waals surface area contributed by atoms with Gasteiger partial charge in [0.05, 0.1) is 12.2 Å². The van der Waals surface area contributed by atoms with Crippen molar-refractivity contribution in [2.24, 2.45) is 0 Å². The summed E-state index contributed by atoms with van der Waals surface area (Å²) in [6, 6.07) is 0. The zero-order valence-electron chi connectivity index (χ0n) is 8.58. The van der Waals surface area contributed by atoms with E-state index in [0.29, 0.717) is 12.2 Å². The molecule has 0 amide bonds. The van der Waals surface area contributed by atoms with Gasteiger partial charge in [-0.2, -0.15) is 0 Å². The third kappa shape index (κ3) is 1.41. The Balaban J connectivity index is 1.73. The average Bonchev–Trinajstić information content (AvgIpc) is 2.56. The second-order valence-corrected chi connectivity index (χ2v) is 4.73. The minimum atomic E-state index is -0.181. The van der Waals surface area contributed by atoms with E-state index in [0.717, 1.165) is 25.7 Å². The summed E-state index contributed by atoms with van der Waals surface area (Å²) in [4.78, 5) is 0. The van der Waals surface area contributed by atoms with Crippen molar-refractivity contribution >= 4 is 0 Å². The van der Waals surface area contributed by atoms with Crippen molar-refractivity contribution in [3.8, 4) is 0 Å². The molecule has 1 aliphatic heterocycles. The standard InChI is InChI=1S/C12H18O2/c1-4-8-12(9-5-1)13-10-6-2-3-7-11(10)14-12/h2-3,10-11H,1,4-9H2/t10-,11+. The van der Waals surface area contributed by atoms with Gasteiger partial charge in [-0.05, 0) is 25.7 Å². The molecular formula is C12H18O2. The number of ether oxygens (including phenoxy) is 2. The molecule has 0 bridgehead atoms. The van der Waals surface area contributed by atoms with Crippen LogP contribution in [-0.2, 0) is 9.47 Å². The van der Waals surface area contributed by atoms with Crippen molar-refractivity contribution in [3.63, 3.8) is 0 Å². The van der Waals surface area contributed by atoms with Crippen LogP contribution < -0.4 is 0 Å². The van der Waals surface area contributed by atoms with Gasteiger partial charge in [0.2, 0.25) is 0 Å². The van der Waals surface area contributed by atoms with E-state index < -0.39 is 0 Å². The minimum Gasteiger partial charge on any atom is -0.344 e. The second kappa shape index (κ2) is 3.35. The average molecular weight is 194 g/mol. The molecule has 0 aromatic rings. The Morgan fingerprint density at radius 2 is 1.43 bits per heavy atom. The smallest absolute Gasteiger partial charge is 0.169 e. The van der Waals surface area contributed by atoms with Crippen molar-refractivity contribution in [1.29, 1.82) is 0 Å². The van der Waals surface area contributed by atoms with Gasteiger partial charge in [-0.1, -0.05) is 18.6 Å². The number of fused-ring (bicyclic) bond motifs is 1. The Hall–Kier alpha value is -0.340. The largest absolute Gasteiger partial charge is 0.344 e. The summed E-state index contributed by atoms with van der Waals surface area (Å²) in [6.07, 6.45) is 13.4. The molecule has 0 N–H and O–H groups in total. The predicted molar refractivity (Wildman–Crippen MR) is 53.9 cm³/mol. The molecule has 1 saturated carbocycles. The quantitative estimate of drug-likeness (QED) is 0.552. The zero-order chi connectivity index (χ0) is 9.43. The van der Waals surface area contributed by atoms with Gasteiger partial charge < -0.3 is 9.47 Å². The molecule has 0 aromatic carbocycles. The summed E-state index contributed by atoms with van der Waals surface area (Å²) in [7, 11) is 0. The molecule has 78 valence electrons. The van der Waals surface area contributed by atoms with Gasteiger partial charge in [0.15, 0.2) is 5.79 Å². The summed E-state index contributed by atoms with van der Waals surface area (Å²) in [5.74, 6) is -0.181. The Morgan fingerprint density at radius 3 is 2.00 bits per heavy atom. The lowest BCUT2D eigenvalue weighted by atomic mass is 9.94. The third-order valence-electron chi connectivity index (χ3n) is 3.67. The van der Waals surface area contributed by atoms with Crippen LogP contribution in [0, 0.1) is 0 Å². The minimum absolute atomic E-state index is 0.181. The van der Waals surface area contributed by atoms with Crippen LogP contribution in [0.2, 0.25) is 0 Å². The van der Waals surface area contributed by atoms with Gasteiger partial charge in [0.1, 0.15) is 0 Å². The van der Waals surface area contributed by atoms with Crippen LogP contribution in [0.1, 0.15) is 44.9 Å². The van der Waals surface area contributed by atoms with Crippen molar-refractivity contribution in [3.05, 3.63) is 12.2 Å². The Bertz CT molecular complexity index is 223. The molecular weight excluding hydrogens is 176 g/mol. The highest BCUT2D eigenvalue weighted by Gasteiger charge is 2.47. The topological polar surface area (TPSA) is 18.5 Å². The first kappa shape index (κ1) is 8.93. The van der Waals surface area contributed by atoms with Gasteiger partial charge in [-0.25, -0.2) is 0 Å². The van der Waals surface area contributed by atoms with Gasteiger partial charge >= 0.3 is 0 Å². The van der Waals surface area contributed by atoms with Crippen LogP contribution in [-0.4, -0.2) is 18.0 Å². The molecule has 3 rings (SSSR count). The Kier molecular flexibility index (Phi) is 2.14. The first-order chi connectivity index (χ1) is 6.88. The molecule has 2 heteroatoms. The molecule has 0 unspecified atom stereocenters. The fraction of sp³-hybridized carbons (Fsp3) is 0.833. The Morgan fingerprint density at radius 1 is 0.857 bits per heavy atom. The van der Waals surface area contributed by atoms with E-state index in [-0.39, 0.29) is 5.79 Å². The molecule has 2 atom stereocenters. The highest BCUT2D eigenvalue weighted by atomic mass is 16.8. The van der Waals surface area contributed by atoms with E-state index in [1.54, 1.807) is 0 Å². The maximum atomic E-state index is 6.12. The molecule has 1 heterocycles. The maximum absolute atomic E-state index is 6.12. The summed E-state index contributed by atoms with van der Waals surface area (Å²) >= 11 is 0. The lowest BCUT2D eigenvalue weighted by Crippen LogP contribution is -2.33. The lowest BCUT2D eigenvalue weighted by molar-refractivity contribution is -0.193. The second-order valence-electron chi connectivity index (χ2n) is 4.73. The number of hydrogen-bond donors (Lipinski definition) is 0. The number of rotatable bonds is 0. The Labute approximate surface area is 85.3 Å². The summed E-state index contributed by atoms with van der Waals surface area (Å²) in [5, 5.41) is 0. The van der Waals surface area contributed by atoms with Gasteiger partial charge in [-0.15, -0.1) is 0 Å². The predicted octanol–water partition coefficient (Wildman–Crippen LogP) is 2.78. The highest BCUT2D eigenvalue weighted by molar-refractivity contribution is 5.01. The van der Waals surface area contributed by atoms with Crippen LogP contribution in [0.4, 0.5) is 0 Å². The first-order valence-corrected chi connectivity index (χ1v) is 5.89. The van der Waals surface area contributed by atoms with E-state index >= 15 is 0 Å². The normalized spacial score (nSPS) is 40.0. The molecule has 14 heavy (non-hydrogen) atoms. The molecule has 2 fully saturated rings. The highest BCUT2D eigenvalue weighted by Crippen LogP contribution is 2.43. The third-order valence-corrected chi connectivity index (χ3v) is 3.67. The van der Waals surface area contributed by atoms with E-state index in [9.17, 15) is 0 Å². The molecule has 0 aromatic heterocycles. The van der Waals surface area contributed by atoms with Crippen LogP contribution in [0.15, 0.2) is 12.2 Å². The van der Waals surface area contributed by atoms with Crippen LogP contribution in [0.3, 0.4) is 0 Å². The molecule has 1 saturated heterocycles. The molecule has 1 spiro atoms. The summed E-state index contributed by atoms with van der Waals surface area (Å²) in [6.45, 7) is 0. The van der Waals surface area contributed by atoms with E-state index in [4.69, 9.17) is 9.47 Å². The summed E-state index contributed by atoms with van der Waals surface area (Å²) in [5.41, 5.74) is 0. The van der Waals surface area contributed by atoms with Crippen LogP contribution in [0.25, 0.3) is 0 Å². The fourth-order valence-electron chi connectivity index (χ4n) is 2.92. The van der Waals surface area contributed by atoms with Gasteiger partial charge in [0.25, 0.3) is 0 Å². The van der Waals surface area contributed by atoms with E-state index in [1.807, 2.05) is 0 Å². The molecule has 2 nitrogen and oxygen atoms in total. The first-order valence-electron chi connectivity index (χ1n) is 5.89. The van der Waals surface area contributed by atoms with Crippen LogP contribution >= 0.6 is 0 Å². The maximum Gasteiger partial charge on any atom is 0.169 e. The zero-order valence-corrected chi connectivity index (χ0v) is 8.58. The van der Waals surface area contributed by atoms with Crippen molar-refractivity contribution in [2.75, 3.05) is 0 Å². The summed E-state index contributed by atoms with van der Waals surface area (Å²) < 4.78 is 12.2.